The molecule has 0 saturated heterocycles. The number of ether oxygens (including phenoxy) is 3. The lowest BCUT2D eigenvalue weighted by Gasteiger charge is -2.40. The summed E-state index contributed by atoms with van der Waals surface area (Å²) in [5.74, 6) is -0.868. The molecule has 0 unspecified atom stereocenters. The zero-order valence-corrected chi connectivity index (χ0v) is 19.9. The summed E-state index contributed by atoms with van der Waals surface area (Å²) in [6.45, 7) is 0. The largest absolute Gasteiger partial charge is 0.493 e. The fourth-order valence-electron chi connectivity index (χ4n) is 4.50. The van der Waals surface area contributed by atoms with Crippen LogP contribution in [0.1, 0.15) is 43.8 Å². The molecule has 180 valence electrons. The Morgan fingerprint density at radius 2 is 1.57 bits per heavy atom. The van der Waals surface area contributed by atoms with Crippen LogP contribution in [0.2, 0.25) is 0 Å². The van der Waals surface area contributed by atoms with Crippen LogP contribution in [0.4, 0.5) is 5.69 Å². The number of esters is 1. The molecule has 1 aliphatic rings. The lowest BCUT2D eigenvalue weighted by molar-refractivity contribution is -0.119. The van der Waals surface area contributed by atoms with Gasteiger partial charge in [-0.2, -0.15) is 0 Å². The van der Waals surface area contributed by atoms with Gasteiger partial charge in [-0.05, 0) is 41.5 Å². The van der Waals surface area contributed by atoms with Crippen molar-refractivity contribution in [3.05, 3.63) is 89.0 Å². The molecule has 8 heteroatoms. The molecule has 3 aromatic carbocycles. The predicted octanol–water partition coefficient (Wildman–Crippen LogP) is 4.04. The van der Waals surface area contributed by atoms with Gasteiger partial charge in [0.25, 0.3) is 5.91 Å². The van der Waals surface area contributed by atoms with E-state index < -0.39 is 17.9 Å². The zero-order valence-electron chi connectivity index (χ0n) is 19.9. The van der Waals surface area contributed by atoms with E-state index in [4.69, 9.17) is 14.2 Å². The first-order valence-corrected chi connectivity index (χ1v) is 11.0. The van der Waals surface area contributed by atoms with E-state index in [1.54, 1.807) is 79.7 Å². The van der Waals surface area contributed by atoms with Crippen molar-refractivity contribution < 1.29 is 28.6 Å². The van der Waals surface area contributed by atoms with Gasteiger partial charge in [0.15, 0.2) is 11.5 Å². The summed E-state index contributed by atoms with van der Waals surface area (Å²) in [4.78, 5) is 40.9. The molecular weight excluding hydrogens is 448 g/mol. The van der Waals surface area contributed by atoms with Crippen LogP contribution in [-0.2, 0) is 9.53 Å². The molecule has 0 fully saturated rings. The average molecular weight is 475 g/mol. The number of methoxy groups -OCH3 is 3. The quantitative estimate of drug-likeness (QED) is 0.542. The second-order valence-corrected chi connectivity index (χ2v) is 8.07. The van der Waals surface area contributed by atoms with Crippen molar-refractivity contribution in [1.82, 2.24) is 4.90 Å². The molecule has 3 aromatic rings. The maximum atomic E-state index is 13.8. The van der Waals surface area contributed by atoms with Gasteiger partial charge in [-0.25, -0.2) is 4.79 Å². The second-order valence-electron chi connectivity index (χ2n) is 8.07. The van der Waals surface area contributed by atoms with Gasteiger partial charge >= 0.3 is 5.97 Å². The van der Waals surface area contributed by atoms with Crippen LogP contribution >= 0.6 is 0 Å². The summed E-state index contributed by atoms with van der Waals surface area (Å²) >= 11 is 0. The number of likely N-dealkylation sites (N-methyl/N-ethyl adjacent to an activating group) is 1. The molecule has 1 aliphatic heterocycles. The van der Waals surface area contributed by atoms with E-state index >= 15 is 0 Å². The molecule has 2 amide bonds. The topological polar surface area (TPSA) is 94.2 Å². The highest BCUT2D eigenvalue weighted by molar-refractivity contribution is 6.06. The first-order chi connectivity index (χ1) is 16.9. The normalized spacial score (nSPS) is 16.8. The van der Waals surface area contributed by atoms with Crippen molar-refractivity contribution >= 4 is 23.5 Å². The van der Waals surface area contributed by atoms with E-state index in [-0.39, 0.29) is 17.4 Å². The van der Waals surface area contributed by atoms with Gasteiger partial charge in [0.05, 0.1) is 44.5 Å². The zero-order chi connectivity index (χ0) is 25.1. The Hall–Kier alpha value is -4.33. The molecular formula is C27H26N2O6. The van der Waals surface area contributed by atoms with Crippen molar-refractivity contribution in [2.75, 3.05) is 33.7 Å². The van der Waals surface area contributed by atoms with Gasteiger partial charge in [0.2, 0.25) is 5.91 Å². The lowest BCUT2D eigenvalue weighted by atomic mass is 9.79. The number of hydrogen-bond donors (Lipinski definition) is 1. The molecule has 8 nitrogen and oxygen atoms in total. The van der Waals surface area contributed by atoms with E-state index in [2.05, 4.69) is 5.32 Å². The summed E-state index contributed by atoms with van der Waals surface area (Å²) in [6.07, 6.45) is 0. The van der Waals surface area contributed by atoms with Crippen molar-refractivity contribution in [2.24, 2.45) is 0 Å². The monoisotopic (exact) mass is 474 g/mol. The van der Waals surface area contributed by atoms with E-state index in [1.807, 2.05) is 6.07 Å². The van der Waals surface area contributed by atoms with E-state index in [0.717, 1.165) is 0 Å². The fourth-order valence-corrected chi connectivity index (χ4v) is 4.50. The Labute approximate surface area is 203 Å². The van der Waals surface area contributed by atoms with E-state index in [1.165, 1.54) is 14.2 Å². The van der Waals surface area contributed by atoms with Crippen molar-refractivity contribution in [3.8, 4) is 11.5 Å². The minimum absolute atomic E-state index is 0.195. The van der Waals surface area contributed by atoms with Gasteiger partial charge in [0, 0.05) is 12.6 Å². The number of carbonyl (C=O) groups is 3. The van der Waals surface area contributed by atoms with Gasteiger partial charge in [-0.15, -0.1) is 0 Å². The number of fused-ring (bicyclic) bond motifs is 1. The van der Waals surface area contributed by atoms with Gasteiger partial charge in [-0.3, -0.25) is 9.59 Å². The SMILES string of the molecule is COC(=O)c1ccccc1NC(=O)[C@H]1c2ccccc2C(=O)N(C)[C@@H]1c1ccc(OC)c(OC)c1. The first kappa shape index (κ1) is 23.8. The molecule has 1 heterocycles. The van der Waals surface area contributed by atoms with Crippen LogP contribution in [-0.4, -0.2) is 51.1 Å². The predicted molar refractivity (Wildman–Crippen MR) is 130 cm³/mol. The Bertz CT molecular complexity index is 1290. The number of benzene rings is 3. The number of amides is 2. The standard InChI is InChI=1S/C27H26N2O6/c1-29-24(16-13-14-21(33-2)22(15-16)34-3)23(17-9-5-6-10-18(17)26(29)31)25(30)28-20-12-8-7-11-19(20)27(32)35-4/h5-15,23-24H,1-4H3,(H,28,30)/t23-,24+/m0/s1. The van der Waals surface area contributed by atoms with E-state index in [9.17, 15) is 14.4 Å². The Kier molecular flexibility index (Phi) is 6.73. The highest BCUT2D eigenvalue weighted by atomic mass is 16.5. The molecule has 35 heavy (non-hydrogen) atoms. The lowest BCUT2D eigenvalue weighted by Crippen LogP contribution is -2.44. The molecule has 4 rings (SSSR count). The van der Waals surface area contributed by atoms with Gasteiger partial charge in [-0.1, -0.05) is 36.4 Å². The molecule has 1 N–H and O–H groups in total. The number of para-hydroxylation sites is 1. The van der Waals surface area contributed by atoms with Crippen LogP contribution < -0.4 is 14.8 Å². The number of nitrogens with zero attached hydrogens (tertiary/aromatic N) is 1. The maximum Gasteiger partial charge on any atom is 0.339 e. The molecule has 0 radical (unpaired) electrons. The third kappa shape index (κ3) is 4.30. The molecule has 0 saturated carbocycles. The summed E-state index contributed by atoms with van der Waals surface area (Å²) in [6, 6.07) is 18.4. The highest BCUT2D eigenvalue weighted by Crippen LogP contribution is 2.44. The smallest absolute Gasteiger partial charge is 0.339 e. The maximum absolute atomic E-state index is 13.8. The summed E-state index contributed by atoms with van der Waals surface area (Å²) in [7, 11) is 6.02. The molecule has 0 aliphatic carbocycles. The Morgan fingerprint density at radius 1 is 0.886 bits per heavy atom. The average Bonchev–Trinajstić information content (AvgIpc) is 2.89. The van der Waals surface area contributed by atoms with Gasteiger partial charge < -0.3 is 24.4 Å². The molecule has 2 atom stereocenters. The fraction of sp³-hybridized carbons (Fsp3) is 0.222. The van der Waals surface area contributed by atoms with Gasteiger partial charge in [0.1, 0.15) is 0 Å². The van der Waals surface area contributed by atoms with E-state index in [0.29, 0.717) is 33.9 Å². The number of anilines is 1. The number of nitrogens with one attached hydrogen (secondary N) is 1. The van der Waals surface area contributed by atoms with Crippen molar-refractivity contribution in [1.29, 1.82) is 0 Å². The van der Waals surface area contributed by atoms with Crippen LogP contribution in [0.3, 0.4) is 0 Å². The first-order valence-electron chi connectivity index (χ1n) is 11.0. The molecule has 0 aromatic heterocycles. The summed E-state index contributed by atoms with van der Waals surface area (Å²) < 4.78 is 15.7. The minimum atomic E-state index is -0.766. The van der Waals surface area contributed by atoms with Crippen LogP contribution in [0.25, 0.3) is 0 Å². The number of carbonyl (C=O) groups excluding carboxylic acids is 3. The molecule has 0 bridgehead atoms. The summed E-state index contributed by atoms with van der Waals surface area (Å²) in [5.41, 5.74) is 2.32. The van der Waals surface area contributed by atoms with Crippen LogP contribution in [0.5, 0.6) is 11.5 Å². The summed E-state index contributed by atoms with van der Waals surface area (Å²) in [5, 5.41) is 2.89. The second kappa shape index (κ2) is 9.89. The highest BCUT2D eigenvalue weighted by Gasteiger charge is 2.43. The third-order valence-corrected chi connectivity index (χ3v) is 6.20. The van der Waals surface area contributed by atoms with Crippen LogP contribution in [0, 0.1) is 0 Å². The Balaban J connectivity index is 1.83. The third-order valence-electron chi connectivity index (χ3n) is 6.20. The van der Waals surface area contributed by atoms with Crippen molar-refractivity contribution in [2.45, 2.75) is 12.0 Å². The Morgan fingerprint density at radius 3 is 2.29 bits per heavy atom. The van der Waals surface area contributed by atoms with Crippen molar-refractivity contribution in [3.63, 3.8) is 0 Å². The molecule has 0 spiro atoms. The van der Waals surface area contributed by atoms with Crippen LogP contribution in [0.15, 0.2) is 66.7 Å². The number of hydrogen-bond acceptors (Lipinski definition) is 6. The number of rotatable bonds is 6. The minimum Gasteiger partial charge on any atom is -0.493 e.